The van der Waals surface area contributed by atoms with Crippen molar-refractivity contribution < 1.29 is 69.1 Å². The molecule has 0 aromatic rings. The van der Waals surface area contributed by atoms with Gasteiger partial charge in [0.15, 0.2) is 0 Å². The Morgan fingerprint density at radius 3 is 0.500 bits per heavy atom. The Labute approximate surface area is 78.6 Å². The van der Waals surface area contributed by atoms with Crippen molar-refractivity contribution in [1.29, 1.82) is 0 Å². The molecule has 0 aliphatic heterocycles. The molecule has 0 rings (SSSR count). The molecular weight excluding hydrogens is 274 g/mol. The predicted molar refractivity (Wildman–Crippen MR) is 11.1 cm³/mol. The van der Waals surface area contributed by atoms with E-state index in [1.807, 2.05) is 0 Å². The molecule has 6 heavy (non-hydrogen) atoms. The average molecular weight is 277 g/mol. The normalized spacial score (nSPS) is 0. The average Bonchev–Trinajstić information content (AvgIpc) is 0. The Kier molecular flexibility index (Phi) is 826. The van der Waals surface area contributed by atoms with Crippen molar-refractivity contribution in [2.75, 3.05) is 0 Å². The van der Waals surface area contributed by atoms with Crippen LogP contribution in [0.4, 0.5) is 0 Å². The minimum absolute atomic E-state index is 0. The van der Waals surface area contributed by atoms with Gasteiger partial charge in [-0.05, 0) is 0 Å². The topological polar surface area (TPSA) is 0 Å². The van der Waals surface area contributed by atoms with Gasteiger partial charge in [-0.2, -0.15) is 9.90 Å². The molecule has 6 heteroatoms. The van der Waals surface area contributed by atoms with Gasteiger partial charge in [-0.25, -0.2) is 0 Å². The fraction of sp³-hybridized carbons (Fsp3) is 0. The van der Waals surface area contributed by atoms with E-state index in [1.54, 1.807) is 0 Å². The molecule has 0 radical (unpaired) electrons. The summed E-state index contributed by atoms with van der Waals surface area (Å²) in [6.07, 6.45) is 0. The monoisotopic (exact) mass is 276 g/mol. The smallest absolute Gasteiger partial charge is 1.00 e. The summed E-state index contributed by atoms with van der Waals surface area (Å²) in [7, 11) is 0. The van der Waals surface area contributed by atoms with Gasteiger partial charge in [0, 0.05) is 0 Å². The Bertz CT molecular complexity index is 7.51. The first-order valence-corrected chi connectivity index (χ1v) is 0. The van der Waals surface area contributed by atoms with Gasteiger partial charge in [-0.1, -0.05) is 0 Å². The summed E-state index contributed by atoms with van der Waals surface area (Å²) in [4.78, 5) is 0. The fourth-order valence-corrected chi connectivity index (χ4v) is 0. The van der Waals surface area contributed by atoms with Gasteiger partial charge < -0.3 is 49.6 Å². The molecule has 0 aliphatic carbocycles. The van der Waals surface area contributed by atoms with Crippen LogP contribution < -0.4 is 49.6 Å². The first-order chi connectivity index (χ1) is 0. The number of hydrogen-bond donors (Lipinski definition) is 0. The van der Waals surface area contributed by atoms with E-state index >= 15 is 0 Å². The third-order valence-corrected chi connectivity index (χ3v) is 0. The maximum atomic E-state index is 0. The van der Waals surface area contributed by atoms with Crippen LogP contribution in [0, 0.1) is 0 Å². The van der Waals surface area contributed by atoms with Crippen molar-refractivity contribution in [3.05, 3.63) is 0 Å². The fourth-order valence-electron chi connectivity index (χ4n) is 0. The molecule has 1 atom stereocenters. The molecule has 0 heterocycles. The Balaban J connectivity index is 0. The van der Waals surface area contributed by atoms with E-state index in [9.17, 15) is 0 Å². The molecule has 0 nitrogen and oxygen atoms in total. The van der Waals surface area contributed by atoms with Gasteiger partial charge in [-0.3, -0.25) is 0 Å². The second-order valence-electron chi connectivity index (χ2n) is 0. The maximum Gasteiger partial charge on any atom is 4.00 e. The molecule has 0 saturated carbocycles. The summed E-state index contributed by atoms with van der Waals surface area (Å²) in [5.41, 5.74) is 0. The van der Waals surface area contributed by atoms with Gasteiger partial charge in [0.05, 0.1) is 0 Å². The predicted octanol–water partition coefficient (Wildman–Crippen LogP) is -11.9. The first-order valence-electron chi connectivity index (χ1n) is 0. The third-order valence-electron chi connectivity index (χ3n) is 0. The quantitative estimate of drug-likeness (QED) is 0.305. The van der Waals surface area contributed by atoms with Crippen molar-refractivity contribution in [1.82, 2.24) is 0 Å². The van der Waals surface area contributed by atoms with Crippen LogP contribution >= 0.6 is 9.90 Å². The Morgan fingerprint density at radius 1 is 0.500 bits per heavy atom. The first kappa shape index (κ1) is 87.2. The minimum atomic E-state index is 0. The molecule has 0 spiro atoms. The van der Waals surface area contributed by atoms with Crippen LogP contribution in [-0.4, -0.2) is 0 Å². The van der Waals surface area contributed by atoms with Crippen molar-refractivity contribution in [3.63, 3.8) is 0 Å². The van der Waals surface area contributed by atoms with Crippen molar-refractivity contribution >= 4 is 9.90 Å². The van der Waals surface area contributed by atoms with E-state index in [1.165, 1.54) is 0 Å². The zero-order chi connectivity index (χ0) is 0. The van der Waals surface area contributed by atoms with Gasteiger partial charge in [0.25, 0.3) is 0 Å². The molecule has 0 N–H and O–H groups in total. The van der Waals surface area contributed by atoms with Crippen molar-refractivity contribution in [2.24, 2.45) is 0 Å². The SMILES string of the molecule is P.[Cl-].[Cl-].[Cl-].[Cl-].[Ru+4]. The molecule has 0 fully saturated rings. The molecular formula is H3Cl4PRu. The van der Waals surface area contributed by atoms with E-state index in [-0.39, 0.29) is 79.0 Å². The summed E-state index contributed by atoms with van der Waals surface area (Å²) in [5.74, 6) is 0. The van der Waals surface area contributed by atoms with Crippen LogP contribution in [0.5, 0.6) is 0 Å². The van der Waals surface area contributed by atoms with Crippen LogP contribution in [0.2, 0.25) is 0 Å². The van der Waals surface area contributed by atoms with E-state index in [2.05, 4.69) is 0 Å². The van der Waals surface area contributed by atoms with E-state index in [0.717, 1.165) is 0 Å². The third kappa shape index (κ3) is 34.5. The van der Waals surface area contributed by atoms with Crippen LogP contribution in [0.15, 0.2) is 0 Å². The molecule has 44 valence electrons. The minimum Gasteiger partial charge on any atom is -1.00 e. The summed E-state index contributed by atoms with van der Waals surface area (Å²) in [6, 6.07) is 0. The summed E-state index contributed by atoms with van der Waals surface area (Å²) in [5, 5.41) is 0. The van der Waals surface area contributed by atoms with Crippen molar-refractivity contribution in [3.8, 4) is 0 Å². The van der Waals surface area contributed by atoms with Gasteiger partial charge in [0.2, 0.25) is 0 Å². The van der Waals surface area contributed by atoms with E-state index in [0.29, 0.717) is 0 Å². The van der Waals surface area contributed by atoms with Gasteiger partial charge in [0.1, 0.15) is 0 Å². The number of rotatable bonds is 0. The van der Waals surface area contributed by atoms with E-state index < -0.39 is 0 Å². The number of hydrogen-bond acceptors (Lipinski definition) is 0. The molecule has 0 saturated heterocycles. The summed E-state index contributed by atoms with van der Waals surface area (Å²) >= 11 is 0. The largest absolute Gasteiger partial charge is 4.00 e. The maximum absolute atomic E-state index is 0. The number of halogens is 4. The Hall–Kier alpha value is 2.21. The van der Waals surface area contributed by atoms with Crippen LogP contribution in [0.1, 0.15) is 0 Å². The molecule has 0 aromatic carbocycles. The Morgan fingerprint density at radius 2 is 0.500 bits per heavy atom. The van der Waals surface area contributed by atoms with Crippen LogP contribution in [0.3, 0.4) is 0 Å². The zero-order valence-corrected chi connectivity index (χ0v) is 8.75. The molecule has 0 bridgehead atoms. The van der Waals surface area contributed by atoms with E-state index in [4.69, 9.17) is 0 Å². The van der Waals surface area contributed by atoms with Gasteiger partial charge in [-0.15, -0.1) is 0 Å². The van der Waals surface area contributed by atoms with Crippen LogP contribution in [-0.2, 0) is 19.5 Å². The molecule has 0 amide bonds. The molecule has 1 unspecified atom stereocenters. The van der Waals surface area contributed by atoms with Crippen LogP contribution in [0.25, 0.3) is 0 Å². The zero-order valence-electron chi connectivity index (χ0n) is 2.57. The molecule has 0 aromatic heterocycles. The summed E-state index contributed by atoms with van der Waals surface area (Å²) < 4.78 is 0. The second-order valence-corrected chi connectivity index (χ2v) is 0. The molecule has 0 aliphatic rings. The standard InChI is InChI=1S/4ClH.H3P.Ru/h4*1H;1H3;/q;;;;;+4/p-4. The second kappa shape index (κ2) is 56.8. The van der Waals surface area contributed by atoms with Gasteiger partial charge >= 0.3 is 19.5 Å². The summed E-state index contributed by atoms with van der Waals surface area (Å²) in [6.45, 7) is 0. The van der Waals surface area contributed by atoms with Crippen molar-refractivity contribution in [2.45, 2.75) is 0 Å².